The van der Waals surface area contributed by atoms with Crippen LogP contribution in [0, 0.1) is 24.7 Å². The van der Waals surface area contributed by atoms with E-state index < -0.39 is 17.8 Å². The summed E-state index contributed by atoms with van der Waals surface area (Å²) in [6.07, 6.45) is 1.14. The van der Waals surface area contributed by atoms with Crippen molar-refractivity contribution in [3.8, 4) is 0 Å². The van der Waals surface area contributed by atoms with Gasteiger partial charge in [0.1, 0.15) is 0 Å². The molecule has 0 aliphatic heterocycles. The zero-order valence-corrected chi connectivity index (χ0v) is 14.3. The molecule has 0 aromatic heterocycles. The van der Waals surface area contributed by atoms with Crippen LogP contribution in [0.5, 0.6) is 0 Å². The highest BCUT2D eigenvalue weighted by Gasteiger charge is 2.41. The molecule has 2 unspecified atom stereocenters. The number of benzene rings is 1. The smallest absolute Gasteiger partial charge is 0.307 e. The average molecular weight is 332 g/mol. The number of carbonyl (C=O) groups excluding carboxylic acids is 2. The predicted molar refractivity (Wildman–Crippen MR) is 90.8 cm³/mol. The molecular formula is C18H24N2O4. The van der Waals surface area contributed by atoms with E-state index in [2.05, 4.69) is 10.6 Å². The van der Waals surface area contributed by atoms with Crippen LogP contribution in [0.25, 0.3) is 0 Å². The molecule has 6 nitrogen and oxygen atoms in total. The molecule has 0 heterocycles. The molecule has 130 valence electrons. The Morgan fingerprint density at radius 1 is 1.21 bits per heavy atom. The fourth-order valence-corrected chi connectivity index (χ4v) is 2.68. The molecule has 3 N–H and O–H groups in total. The van der Waals surface area contributed by atoms with Gasteiger partial charge in [0, 0.05) is 17.8 Å². The second kappa shape index (κ2) is 7.47. The van der Waals surface area contributed by atoms with Gasteiger partial charge in [0.25, 0.3) is 5.91 Å². The van der Waals surface area contributed by atoms with Gasteiger partial charge in [0.2, 0.25) is 5.91 Å². The minimum absolute atomic E-state index is 0.144. The van der Waals surface area contributed by atoms with E-state index in [-0.39, 0.29) is 11.8 Å². The molecule has 2 atom stereocenters. The minimum Gasteiger partial charge on any atom is -0.481 e. The SMILES string of the molecule is Cc1cc(C(=O)NCC(C)C)ccc1NC(=O)C1CCC1C(=O)O. The molecular weight excluding hydrogens is 308 g/mol. The van der Waals surface area contributed by atoms with Crippen LogP contribution in [0.4, 0.5) is 5.69 Å². The Labute approximate surface area is 141 Å². The number of anilines is 1. The molecule has 2 rings (SSSR count). The molecule has 1 fully saturated rings. The van der Waals surface area contributed by atoms with Crippen LogP contribution in [-0.2, 0) is 9.59 Å². The van der Waals surface area contributed by atoms with Crippen molar-refractivity contribution in [2.24, 2.45) is 17.8 Å². The number of carboxylic acids is 1. The Morgan fingerprint density at radius 3 is 2.38 bits per heavy atom. The monoisotopic (exact) mass is 332 g/mol. The number of amides is 2. The lowest BCUT2D eigenvalue weighted by Gasteiger charge is -2.32. The summed E-state index contributed by atoms with van der Waals surface area (Å²) in [5.74, 6) is -2.03. The number of hydrogen-bond donors (Lipinski definition) is 3. The summed E-state index contributed by atoms with van der Waals surface area (Å²) in [6, 6.07) is 5.07. The summed E-state index contributed by atoms with van der Waals surface area (Å²) < 4.78 is 0. The van der Waals surface area contributed by atoms with Crippen molar-refractivity contribution in [3.05, 3.63) is 29.3 Å². The van der Waals surface area contributed by atoms with Crippen molar-refractivity contribution in [1.82, 2.24) is 5.32 Å². The summed E-state index contributed by atoms with van der Waals surface area (Å²) >= 11 is 0. The molecule has 0 radical (unpaired) electrons. The van der Waals surface area contributed by atoms with Crippen molar-refractivity contribution < 1.29 is 19.5 Å². The maximum atomic E-state index is 12.2. The van der Waals surface area contributed by atoms with Gasteiger partial charge in [-0.05, 0) is 49.4 Å². The van der Waals surface area contributed by atoms with Crippen LogP contribution < -0.4 is 10.6 Å². The Kier molecular flexibility index (Phi) is 5.59. The van der Waals surface area contributed by atoms with E-state index in [9.17, 15) is 14.4 Å². The van der Waals surface area contributed by atoms with Crippen LogP contribution in [0.2, 0.25) is 0 Å². The summed E-state index contributed by atoms with van der Waals surface area (Å²) in [6.45, 7) is 6.46. The molecule has 0 saturated heterocycles. The van der Waals surface area contributed by atoms with E-state index in [1.165, 1.54) is 0 Å². The normalized spacial score (nSPS) is 19.5. The first-order valence-electron chi connectivity index (χ1n) is 8.22. The highest BCUT2D eigenvalue weighted by atomic mass is 16.4. The van der Waals surface area contributed by atoms with Gasteiger partial charge in [-0.3, -0.25) is 14.4 Å². The zero-order valence-electron chi connectivity index (χ0n) is 14.3. The zero-order chi connectivity index (χ0) is 17.9. The number of hydrogen-bond acceptors (Lipinski definition) is 3. The lowest BCUT2D eigenvalue weighted by molar-refractivity contribution is -0.151. The second-order valence-corrected chi connectivity index (χ2v) is 6.75. The van der Waals surface area contributed by atoms with Gasteiger partial charge < -0.3 is 15.7 Å². The van der Waals surface area contributed by atoms with Crippen LogP contribution in [0.3, 0.4) is 0 Å². The van der Waals surface area contributed by atoms with E-state index in [4.69, 9.17) is 5.11 Å². The molecule has 1 saturated carbocycles. The summed E-state index contributed by atoms with van der Waals surface area (Å²) in [5, 5.41) is 14.7. The maximum Gasteiger partial charge on any atom is 0.307 e. The lowest BCUT2D eigenvalue weighted by Crippen LogP contribution is -2.41. The van der Waals surface area contributed by atoms with Crippen LogP contribution in [-0.4, -0.2) is 29.4 Å². The third-order valence-electron chi connectivity index (χ3n) is 4.35. The van der Waals surface area contributed by atoms with Gasteiger partial charge in [0.15, 0.2) is 0 Å². The lowest BCUT2D eigenvalue weighted by atomic mass is 9.73. The van der Waals surface area contributed by atoms with Crippen molar-refractivity contribution in [1.29, 1.82) is 0 Å². The van der Waals surface area contributed by atoms with E-state index >= 15 is 0 Å². The van der Waals surface area contributed by atoms with Gasteiger partial charge in [-0.2, -0.15) is 0 Å². The van der Waals surface area contributed by atoms with Crippen LogP contribution in [0.1, 0.15) is 42.6 Å². The number of aryl methyl sites for hydroxylation is 1. The van der Waals surface area contributed by atoms with Gasteiger partial charge in [-0.15, -0.1) is 0 Å². The van der Waals surface area contributed by atoms with Gasteiger partial charge in [-0.25, -0.2) is 0 Å². The molecule has 1 aliphatic carbocycles. The standard InChI is InChI=1S/C18H24N2O4/c1-10(2)9-19-16(21)12-4-7-15(11(3)8-12)20-17(22)13-5-6-14(13)18(23)24/h4,7-8,10,13-14H,5-6,9H2,1-3H3,(H,19,21)(H,20,22)(H,23,24). The molecule has 1 aromatic carbocycles. The molecule has 0 bridgehead atoms. The molecule has 1 aliphatic rings. The van der Waals surface area contributed by atoms with Gasteiger partial charge in [0.05, 0.1) is 11.8 Å². The quantitative estimate of drug-likeness (QED) is 0.745. The molecule has 1 aromatic rings. The Morgan fingerprint density at radius 2 is 1.88 bits per heavy atom. The summed E-state index contributed by atoms with van der Waals surface area (Å²) in [7, 11) is 0. The van der Waals surface area contributed by atoms with Gasteiger partial charge in [-0.1, -0.05) is 13.8 Å². The number of carboxylic acid groups (broad SMARTS) is 1. The molecule has 2 amide bonds. The molecule has 24 heavy (non-hydrogen) atoms. The Hall–Kier alpha value is -2.37. The summed E-state index contributed by atoms with van der Waals surface area (Å²) in [4.78, 5) is 35.3. The second-order valence-electron chi connectivity index (χ2n) is 6.75. The first kappa shape index (κ1) is 18.0. The van der Waals surface area contributed by atoms with Crippen LogP contribution in [0.15, 0.2) is 18.2 Å². The number of carbonyl (C=O) groups is 3. The average Bonchev–Trinajstić information content (AvgIpc) is 2.44. The Balaban J connectivity index is 2.01. The fraction of sp³-hybridized carbons (Fsp3) is 0.500. The predicted octanol–water partition coefficient (Wildman–Crippen LogP) is 2.43. The van der Waals surface area contributed by atoms with Crippen molar-refractivity contribution in [2.45, 2.75) is 33.6 Å². The topological polar surface area (TPSA) is 95.5 Å². The summed E-state index contributed by atoms with van der Waals surface area (Å²) in [5.41, 5.74) is 1.92. The first-order chi connectivity index (χ1) is 11.3. The largest absolute Gasteiger partial charge is 0.481 e. The highest BCUT2D eigenvalue weighted by Crippen LogP contribution is 2.35. The van der Waals surface area contributed by atoms with E-state index in [0.29, 0.717) is 36.6 Å². The first-order valence-corrected chi connectivity index (χ1v) is 8.22. The number of aliphatic carboxylic acids is 1. The van der Waals surface area contributed by atoms with Crippen LogP contribution >= 0.6 is 0 Å². The number of rotatable bonds is 6. The number of nitrogens with one attached hydrogen (secondary N) is 2. The van der Waals surface area contributed by atoms with E-state index in [1.807, 2.05) is 20.8 Å². The van der Waals surface area contributed by atoms with Gasteiger partial charge >= 0.3 is 5.97 Å². The highest BCUT2D eigenvalue weighted by molar-refractivity contribution is 5.98. The minimum atomic E-state index is -0.921. The third kappa shape index (κ3) is 4.13. The van der Waals surface area contributed by atoms with E-state index in [0.717, 1.165) is 5.56 Å². The third-order valence-corrected chi connectivity index (χ3v) is 4.35. The fourth-order valence-electron chi connectivity index (χ4n) is 2.68. The maximum absolute atomic E-state index is 12.2. The molecule has 0 spiro atoms. The van der Waals surface area contributed by atoms with Crippen molar-refractivity contribution >= 4 is 23.5 Å². The van der Waals surface area contributed by atoms with Crippen molar-refractivity contribution in [3.63, 3.8) is 0 Å². The Bertz CT molecular complexity index is 654. The van der Waals surface area contributed by atoms with E-state index in [1.54, 1.807) is 18.2 Å². The molecule has 6 heteroatoms. The van der Waals surface area contributed by atoms with Crippen molar-refractivity contribution in [2.75, 3.05) is 11.9 Å².